The first kappa shape index (κ1) is 15.0. The molecule has 2 rings (SSSR count). The number of carboxylic acids is 1. The quantitative estimate of drug-likeness (QED) is 0.747. The number of amides is 1. The van der Waals surface area contributed by atoms with Gasteiger partial charge < -0.3 is 15.2 Å². The normalized spacial score (nSPS) is 17.9. The van der Waals surface area contributed by atoms with E-state index in [0.717, 1.165) is 17.7 Å². The monoisotopic (exact) mass is 315 g/mol. The zero-order chi connectivity index (χ0) is 14.5. The molecular weight excluding hydrogens is 302 g/mol. The molecule has 0 saturated heterocycles. The Morgan fingerprint density at radius 3 is 3.15 bits per heavy atom. The summed E-state index contributed by atoms with van der Waals surface area (Å²) < 4.78 is 5.75. The van der Waals surface area contributed by atoms with Crippen molar-refractivity contribution in [2.24, 2.45) is 0 Å². The summed E-state index contributed by atoms with van der Waals surface area (Å²) in [5.74, 6) is 0.773. The maximum atomic E-state index is 10.9. The fourth-order valence-electron chi connectivity index (χ4n) is 1.97. The molecule has 0 spiro atoms. The average molecular weight is 316 g/mol. The van der Waals surface area contributed by atoms with Gasteiger partial charge in [-0.1, -0.05) is 11.6 Å². The zero-order valence-electron chi connectivity index (χ0n) is 10.5. The summed E-state index contributed by atoms with van der Waals surface area (Å²) in [6.07, 6.45) is 1.18. The average Bonchev–Trinajstić information content (AvgIpc) is 2.79. The van der Waals surface area contributed by atoms with Crippen molar-refractivity contribution in [3.63, 3.8) is 0 Å². The van der Waals surface area contributed by atoms with E-state index >= 15 is 0 Å². The van der Waals surface area contributed by atoms with Crippen molar-refractivity contribution in [1.29, 1.82) is 0 Å². The molecule has 5 nitrogen and oxygen atoms in total. The van der Waals surface area contributed by atoms with E-state index in [1.54, 1.807) is 6.07 Å². The smallest absolute Gasteiger partial charge is 0.327 e. The second kappa shape index (κ2) is 6.85. The van der Waals surface area contributed by atoms with E-state index in [-0.39, 0.29) is 6.10 Å². The SMILES string of the molecule is O=CNC(CSCC1Cc2cc(Cl)ccc2O1)C(=O)O. The number of hydrogen-bond acceptors (Lipinski definition) is 4. The molecule has 2 N–H and O–H groups in total. The lowest BCUT2D eigenvalue weighted by Gasteiger charge is -2.13. The molecule has 1 aliphatic rings. The van der Waals surface area contributed by atoms with Gasteiger partial charge in [-0.05, 0) is 23.8 Å². The predicted molar refractivity (Wildman–Crippen MR) is 77.5 cm³/mol. The second-order valence-electron chi connectivity index (χ2n) is 4.41. The Morgan fingerprint density at radius 1 is 1.65 bits per heavy atom. The van der Waals surface area contributed by atoms with Gasteiger partial charge in [-0.3, -0.25) is 4.79 Å². The summed E-state index contributed by atoms with van der Waals surface area (Å²) in [5.41, 5.74) is 1.07. The molecule has 0 fully saturated rings. The predicted octanol–water partition coefficient (Wildman–Crippen LogP) is 1.58. The first-order valence-corrected chi connectivity index (χ1v) is 7.58. The molecule has 20 heavy (non-hydrogen) atoms. The zero-order valence-corrected chi connectivity index (χ0v) is 12.1. The summed E-state index contributed by atoms with van der Waals surface area (Å²) in [6.45, 7) is 0. The first-order valence-electron chi connectivity index (χ1n) is 6.05. The molecule has 1 heterocycles. The minimum Gasteiger partial charge on any atom is -0.489 e. The number of benzene rings is 1. The van der Waals surface area contributed by atoms with Crippen molar-refractivity contribution >= 4 is 35.7 Å². The fraction of sp³-hybridized carbons (Fsp3) is 0.385. The van der Waals surface area contributed by atoms with Crippen LogP contribution in [0.1, 0.15) is 5.56 Å². The fourth-order valence-corrected chi connectivity index (χ4v) is 3.23. The molecule has 0 radical (unpaired) electrons. The molecule has 2 unspecified atom stereocenters. The number of rotatable bonds is 7. The molecular formula is C13H14ClNO4S. The molecule has 1 amide bonds. The number of carbonyl (C=O) groups excluding carboxylic acids is 1. The number of thioether (sulfide) groups is 1. The largest absolute Gasteiger partial charge is 0.489 e. The van der Waals surface area contributed by atoms with Crippen LogP contribution in [0.2, 0.25) is 5.02 Å². The minimum atomic E-state index is -1.04. The third-order valence-corrected chi connectivity index (χ3v) is 4.33. The van der Waals surface area contributed by atoms with Crippen molar-refractivity contribution in [3.05, 3.63) is 28.8 Å². The highest BCUT2D eigenvalue weighted by atomic mass is 35.5. The van der Waals surface area contributed by atoms with Crippen LogP contribution in [-0.4, -0.2) is 41.1 Å². The third-order valence-electron chi connectivity index (χ3n) is 2.92. The van der Waals surface area contributed by atoms with Gasteiger partial charge in [0.15, 0.2) is 0 Å². The maximum Gasteiger partial charge on any atom is 0.327 e. The van der Waals surface area contributed by atoms with Crippen LogP contribution < -0.4 is 10.1 Å². The van der Waals surface area contributed by atoms with Crippen LogP contribution in [0.3, 0.4) is 0 Å². The van der Waals surface area contributed by atoms with E-state index in [2.05, 4.69) is 5.32 Å². The molecule has 0 aromatic heterocycles. The van der Waals surface area contributed by atoms with Gasteiger partial charge in [0, 0.05) is 22.9 Å². The van der Waals surface area contributed by atoms with E-state index in [1.165, 1.54) is 11.8 Å². The van der Waals surface area contributed by atoms with Crippen molar-refractivity contribution in [3.8, 4) is 5.75 Å². The number of carbonyl (C=O) groups is 2. The van der Waals surface area contributed by atoms with Gasteiger partial charge in [-0.25, -0.2) is 4.79 Å². The van der Waals surface area contributed by atoms with E-state index in [9.17, 15) is 9.59 Å². The number of ether oxygens (including phenoxy) is 1. The van der Waals surface area contributed by atoms with Gasteiger partial charge in [-0.15, -0.1) is 0 Å². The highest BCUT2D eigenvalue weighted by Gasteiger charge is 2.24. The Bertz CT molecular complexity index is 511. The highest BCUT2D eigenvalue weighted by Crippen LogP contribution is 2.32. The summed E-state index contributed by atoms with van der Waals surface area (Å²) in [4.78, 5) is 21.2. The van der Waals surface area contributed by atoms with Gasteiger partial charge in [-0.2, -0.15) is 11.8 Å². The Morgan fingerprint density at radius 2 is 2.45 bits per heavy atom. The summed E-state index contributed by atoms with van der Waals surface area (Å²) in [5, 5.41) is 11.8. The van der Waals surface area contributed by atoms with E-state index in [0.29, 0.717) is 22.9 Å². The number of halogens is 1. The number of aliphatic carboxylic acids is 1. The van der Waals surface area contributed by atoms with Gasteiger partial charge in [0.25, 0.3) is 0 Å². The van der Waals surface area contributed by atoms with Crippen molar-refractivity contribution < 1.29 is 19.4 Å². The Labute approximate surface area is 125 Å². The lowest BCUT2D eigenvalue weighted by atomic mass is 10.1. The first-order chi connectivity index (χ1) is 9.60. The number of fused-ring (bicyclic) bond motifs is 1. The molecule has 0 saturated carbocycles. The summed E-state index contributed by atoms with van der Waals surface area (Å²) >= 11 is 7.36. The van der Waals surface area contributed by atoms with E-state index in [4.69, 9.17) is 21.4 Å². The molecule has 1 aromatic rings. The van der Waals surface area contributed by atoms with Crippen LogP contribution in [-0.2, 0) is 16.0 Å². The molecule has 0 bridgehead atoms. The number of hydrogen-bond donors (Lipinski definition) is 2. The Kier molecular flexibility index (Phi) is 5.14. The molecule has 1 aliphatic heterocycles. The minimum absolute atomic E-state index is 0.0131. The van der Waals surface area contributed by atoms with Gasteiger partial charge in [0.1, 0.15) is 17.9 Å². The van der Waals surface area contributed by atoms with Crippen LogP contribution in [0, 0.1) is 0 Å². The topological polar surface area (TPSA) is 75.6 Å². The lowest BCUT2D eigenvalue weighted by Crippen LogP contribution is -2.38. The summed E-state index contributed by atoms with van der Waals surface area (Å²) in [6, 6.07) is 4.65. The third kappa shape index (κ3) is 3.80. The van der Waals surface area contributed by atoms with Crippen LogP contribution in [0.15, 0.2) is 18.2 Å². The standard InChI is InChI=1S/C13H14ClNO4S/c14-9-1-2-12-8(3-9)4-10(19-12)5-20-6-11(13(17)18)15-7-16/h1-3,7,10-11H,4-6H2,(H,15,16)(H,17,18). The second-order valence-corrected chi connectivity index (χ2v) is 5.92. The molecule has 7 heteroatoms. The lowest BCUT2D eigenvalue weighted by molar-refractivity contribution is -0.139. The van der Waals surface area contributed by atoms with E-state index in [1.807, 2.05) is 12.1 Å². The summed E-state index contributed by atoms with van der Waals surface area (Å²) in [7, 11) is 0. The number of nitrogens with one attached hydrogen (secondary N) is 1. The van der Waals surface area contributed by atoms with Crippen LogP contribution in [0.25, 0.3) is 0 Å². The number of carboxylic acid groups (broad SMARTS) is 1. The van der Waals surface area contributed by atoms with Gasteiger partial charge in [0.2, 0.25) is 6.41 Å². The van der Waals surface area contributed by atoms with Crippen LogP contribution >= 0.6 is 23.4 Å². The van der Waals surface area contributed by atoms with Crippen molar-refractivity contribution in [2.75, 3.05) is 11.5 Å². The molecule has 108 valence electrons. The molecule has 1 aromatic carbocycles. The van der Waals surface area contributed by atoms with Crippen LogP contribution in [0.4, 0.5) is 0 Å². The van der Waals surface area contributed by atoms with E-state index < -0.39 is 12.0 Å². The van der Waals surface area contributed by atoms with Crippen molar-refractivity contribution in [2.45, 2.75) is 18.6 Å². The maximum absolute atomic E-state index is 10.9. The Balaban J connectivity index is 1.79. The Hall–Kier alpha value is -1.40. The van der Waals surface area contributed by atoms with Gasteiger partial charge in [0.05, 0.1) is 0 Å². The highest BCUT2D eigenvalue weighted by molar-refractivity contribution is 7.99. The van der Waals surface area contributed by atoms with Crippen molar-refractivity contribution in [1.82, 2.24) is 5.32 Å². The van der Waals surface area contributed by atoms with Gasteiger partial charge >= 0.3 is 5.97 Å². The van der Waals surface area contributed by atoms with Crippen LogP contribution in [0.5, 0.6) is 5.75 Å². The molecule has 2 atom stereocenters. The molecule has 0 aliphatic carbocycles.